The lowest BCUT2D eigenvalue weighted by Gasteiger charge is -2.05. The molecule has 5 nitrogen and oxygen atoms in total. The zero-order chi connectivity index (χ0) is 12.5. The molecule has 0 atom stereocenters. The van der Waals surface area contributed by atoms with Gasteiger partial charge in [0.2, 0.25) is 11.8 Å². The van der Waals surface area contributed by atoms with E-state index in [1.807, 2.05) is 18.2 Å². The molecule has 1 aliphatic carbocycles. The number of aromatic nitrogens is 2. The van der Waals surface area contributed by atoms with E-state index in [2.05, 4.69) is 10.2 Å². The summed E-state index contributed by atoms with van der Waals surface area (Å²) in [6, 6.07) is 5.68. The van der Waals surface area contributed by atoms with Crippen molar-refractivity contribution in [1.29, 1.82) is 0 Å². The van der Waals surface area contributed by atoms with Crippen molar-refractivity contribution in [2.24, 2.45) is 0 Å². The molecule has 1 fully saturated rings. The number of methoxy groups -OCH3 is 1. The van der Waals surface area contributed by atoms with E-state index >= 15 is 0 Å². The van der Waals surface area contributed by atoms with Crippen LogP contribution in [0.1, 0.15) is 36.1 Å². The third-order valence-corrected chi connectivity index (χ3v) is 3.06. The van der Waals surface area contributed by atoms with Gasteiger partial charge >= 0.3 is 0 Å². The number of nitrogens with two attached hydrogens (primary N) is 1. The summed E-state index contributed by atoms with van der Waals surface area (Å²) in [6.07, 6.45) is 2.93. The molecule has 0 amide bonds. The second-order valence-electron chi connectivity index (χ2n) is 4.56. The third kappa shape index (κ3) is 2.16. The van der Waals surface area contributed by atoms with Crippen LogP contribution < -0.4 is 10.5 Å². The topological polar surface area (TPSA) is 74.2 Å². The number of nitrogen functional groups attached to an aromatic ring is 1. The van der Waals surface area contributed by atoms with Gasteiger partial charge in [-0.15, -0.1) is 10.2 Å². The minimum absolute atomic E-state index is 0.493. The van der Waals surface area contributed by atoms with Crippen LogP contribution in [-0.4, -0.2) is 17.3 Å². The van der Waals surface area contributed by atoms with Gasteiger partial charge in [0, 0.05) is 5.92 Å². The Balaban J connectivity index is 1.76. The zero-order valence-corrected chi connectivity index (χ0v) is 10.2. The lowest BCUT2D eigenvalue weighted by atomic mass is 10.1. The fourth-order valence-corrected chi connectivity index (χ4v) is 1.90. The van der Waals surface area contributed by atoms with Crippen LogP contribution in [-0.2, 0) is 6.42 Å². The molecule has 94 valence electrons. The smallest absolute Gasteiger partial charge is 0.220 e. The number of rotatable bonds is 4. The molecule has 1 aromatic heterocycles. The summed E-state index contributed by atoms with van der Waals surface area (Å²) in [5, 5.41) is 8.11. The Kier molecular flexibility index (Phi) is 2.66. The van der Waals surface area contributed by atoms with Gasteiger partial charge in [0.15, 0.2) is 0 Å². The maximum Gasteiger partial charge on any atom is 0.220 e. The second-order valence-corrected chi connectivity index (χ2v) is 4.56. The molecule has 1 aromatic carbocycles. The summed E-state index contributed by atoms with van der Waals surface area (Å²) >= 11 is 0. The molecule has 0 radical (unpaired) electrons. The zero-order valence-electron chi connectivity index (χ0n) is 10.2. The maximum atomic E-state index is 5.86. The van der Waals surface area contributed by atoms with Crippen LogP contribution in [0, 0.1) is 0 Å². The van der Waals surface area contributed by atoms with Crippen molar-refractivity contribution < 1.29 is 9.15 Å². The molecule has 5 heteroatoms. The van der Waals surface area contributed by atoms with E-state index in [1.54, 1.807) is 7.11 Å². The fraction of sp³-hybridized carbons (Fsp3) is 0.385. The lowest BCUT2D eigenvalue weighted by Crippen LogP contribution is -1.95. The Morgan fingerprint density at radius 3 is 2.89 bits per heavy atom. The number of hydrogen-bond acceptors (Lipinski definition) is 5. The number of benzene rings is 1. The minimum atomic E-state index is 0.493. The van der Waals surface area contributed by atoms with Crippen LogP contribution in [0.3, 0.4) is 0 Å². The molecule has 3 rings (SSSR count). The summed E-state index contributed by atoms with van der Waals surface area (Å²) in [6.45, 7) is 0. The second kappa shape index (κ2) is 4.33. The van der Waals surface area contributed by atoms with Crippen LogP contribution in [0.15, 0.2) is 22.6 Å². The average Bonchev–Trinajstić information content (AvgIpc) is 3.11. The molecule has 0 unspecified atom stereocenters. The minimum Gasteiger partial charge on any atom is -0.495 e. The highest BCUT2D eigenvalue weighted by Crippen LogP contribution is 2.39. The first-order chi connectivity index (χ1) is 8.76. The van der Waals surface area contributed by atoms with Gasteiger partial charge in [-0.2, -0.15) is 0 Å². The molecule has 2 N–H and O–H groups in total. The van der Waals surface area contributed by atoms with E-state index in [4.69, 9.17) is 14.9 Å². The Morgan fingerprint density at radius 1 is 1.39 bits per heavy atom. The summed E-state index contributed by atoms with van der Waals surface area (Å²) < 4.78 is 10.7. The molecular weight excluding hydrogens is 230 g/mol. The molecule has 1 heterocycles. The molecule has 18 heavy (non-hydrogen) atoms. The van der Waals surface area contributed by atoms with Gasteiger partial charge < -0.3 is 14.9 Å². The molecular formula is C13H15N3O2. The van der Waals surface area contributed by atoms with E-state index in [0.717, 1.165) is 24.3 Å². The van der Waals surface area contributed by atoms with Crippen LogP contribution in [0.4, 0.5) is 5.69 Å². The van der Waals surface area contributed by atoms with Crippen LogP contribution in [0.2, 0.25) is 0 Å². The van der Waals surface area contributed by atoms with Crippen LogP contribution in [0.5, 0.6) is 5.75 Å². The van der Waals surface area contributed by atoms with Gasteiger partial charge in [-0.25, -0.2) is 0 Å². The molecule has 1 aliphatic rings. The van der Waals surface area contributed by atoms with Gasteiger partial charge in [0.25, 0.3) is 0 Å². The molecule has 0 spiro atoms. The van der Waals surface area contributed by atoms with Crippen molar-refractivity contribution in [2.45, 2.75) is 25.2 Å². The predicted molar refractivity (Wildman–Crippen MR) is 66.5 cm³/mol. The quantitative estimate of drug-likeness (QED) is 0.835. The highest BCUT2D eigenvalue weighted by atomic mass is 16.5. The van der Waals surface area contributed by atoms with Gasteiger partial charge in [-0.1, -0.05) is 6.07 Å². The summed E-state index contributed by atoms with van der Waals surface area (Å²) in [5.74, 6) is 2.59. The molecule has 0 bridgehead atoms. The summed E-state index contributed by atoms with van der Waals surface area (Å²) in [5.41, 5.74) is 7.52. The van der Waals surface area contributed by atoms with E-state index in [9.17, 15) is 0 Å². The highest BCUT2D eigenvalue weighted by Gasteiger charge is 2.29. The molecule has 1 saturated carbocycles. The van der Waals surface area contributed by atoms with Crippen molar-refractivity contribution >= 4 is 5.69 Å². The van der Waals surface area contributed by atoms with E-state index in [1.165, 1.54) is 0 Å². The number of hydrogen-bond donors (Lipinski definition) is 1. The lowest BCUT2D eigenvalue weighted by molar-refractivity contribution is 0.416. The fourth-order valence-electron chi connectivity index (χ4n) is 1.90. The van der Waals surface area contributed by atoms with Crippen LogP contribution in [0.25, 0.3) is 0 Å². The number of nitrogens with zero attached hydrogens (tertiary/aromatic N) is 2. The number of anilines is 1. The monoisotopic (exact) mass is 245 g/mol. The van der Waals surface area contributed by atoms with E-state index < -0.39 is 0 Å². The van der Waals surface area contributed by atoms with Gasteiger partial charge in [-0.3, -0.25) is 0 Å². The standard InChI is InChI=1S/C13H15N3O2/c1-17-11-5-2-8(6-10(11)14)7-12-15-16-13(18-12)9-3-4-9/h2,5-6,9H,3-4,7,14H2,1H3. The Hall–Kier alpha value is -2.04. The highest BCUT2D eigenvalue weighted by molar-refractivity contribution is 5.54. The van der Waals surface area contributed by atoms with E-state index in [-0.39, 0.29) is 0 Å². The summed E-state index contributed by atoms with van der Waals surface area (Å²) in [7, 11) is 1.60. The SMILES string of the molecule is COc1ccc(Cc2nnc(C3CC3)o2)cc1N. The van der Waals surface area contributed by atoms with Crippen molar-refractivity contribution in [3.8, 4) is 5.75 Å². The van der Waals surface area contributed by atoms with Crippen molar-refractivity contribution in [3.05, 3.63) is 35.5 Å². The third-order valence-electron chi connectivity index (χ3n) is 3.06. The Bertz CT molecular complexity index is 561. The normalized spacial score (nSPS) is 14.7. The van der Waals surface area contributed by atoms with E-state index in [0.29, 0.717) is 29.7 Å². The van der Waals surface area contributed by atoms with Gasteiger partial charge in [0.1, 0.15) is 5.75 Å². The first-order valence-corrected chi connectivity index (χ1v) is 6.01. The average molecular weight is 245 g/mol. The van der Waals surface area contributed by atoms with Gasteiger partial charge in [0.05, 0.1) is 19.2 Å². The Morgan fingerprint density at radius 2 is 2.22 bits per heavy atom. The van der Waals surface area contributed by atoms with Crippen LogP contribution >= 0.6 is 0 Å². The molecule has 2 aromatic rings. The number of ether oxygens (including phenoxy) is 1. The first kappa shape index (κ1) is 11.1. The first-order valence-electron chi connectivity index (χ1n) is 6.01. The maximum absolute atomic E-state index is 5.86. The molecule has 0 aliphatic heterocycles. The van der Waals surface area contributed by atoms with Crippen molar-refractivity contribution in [3.63, 3.8) is 0 Å². The predicted octanol–water partition coefficient (Wildman–Crippen LogP) is 2.13. The van der Waals surface area contributed by atoms with Crippen molar-refractivity contribution in [2.75, 3.05) is 12.8 Å². The largest absolute Gasteiger partial charge is 0.495 e. The van der Waals surface area contributed by atoms with Crippen molar-refractivity contribution in [1.82, 2.24) is 10.2 Å². The molecule has 0 saturated heterocycles. The van der Waals surface area contributed by atoms with Gasteiger partial charge in [-0.05, 0) is 30.5 Å². The Labute approximate surface area is 105 Å². The summed E-state index contributed by atoms with van der Waals surface area (Å²) in [4.78, 5) is 0.